The van der Waals surface area contributed by atoms with Crippen molar-refractivity contribution in [3.8, 4) is 0 Å². The Balaban J connectivity index is 1.74. The Bertz CT molecular complexity index is 1200. The van der Waals surface area contributed by atoms with Crippen LogP contribution in [0.1, 0.15) is 29.8 Å². The second-order valence-electron chi connectivity index (χ2n) is 8.30. The van der Waals surface area contributed by atoms with E-state index in [0.29, 0.717) is 22.7 Å². The fraction of sp³-hybridized carbons (Fsp3) is 0.375. The van der Waals surface area contributed by atoms with E-state index in [1.54, 1.807) is 13.8 Å². The number of halogens is 6. The summed E-state index contributed by atoms with van der Waals surface area (Å²) in [6.45, 7) is 2.96. The predicted molar refractivity (Wildman–Crippen MR) is 129 cm³/mol. The lowest BCUT2D eigenvalue weighted by Crippen LogP contribution is -2.42. The normalized spacial score (nSPS) is 15.4. The first-order valence-corrected chi connectivity index (χ1v) is 12.8. The second kappa shape index (κ2) is 11.9. The third kappa shape index (κ3) is 7.08. The molecule has 0 radical (unpaired) electrons. The number of ketones is 1. The van der Waals surface area contributed by atoms with Crippen LogP contribution < -0.4 is 0 Å². The van der Waals surface area contributed by atoms with Crippen molar-refractivity contribution in [1.29, 1.82) is 0 Å². The van der Waals surface area contributed by atoms with Gasteiger partial charge in [0.1, 0.15) is 29.9 Å². The zero-order valence-corrected chi connectivity index (χ0v) is 21.3. The molecular weight excluding hydrogens is 540 g/mol. The molecule has 1 unspecified atom stereocenters. The van der Waals surface area contributed by atoms with Gasteiger partial charge in [0, 0.05) is 27.3 Å². The summed E-state index contributed by atoms with van der Waals surface area (Å²) in [6, 6.07) is 8.38. The highest BCUT2D eigenvalue weighted by Gasteiger charge is 2.42. The van der Waals surface area contributed by atoms with Gasteiger partial charge in [0.2, 0.25) is 0 Å². The molecule has 37 heavy (non-hydrogen) atoms. The predicted octanol–water partition coefficient (Wildman–Crippen LogP) is 5.83. The molecule has 1 heterocycles. The number of hydrogen-bond acceptors (Lipinski definition) is 6. The van der Waals surface area contributed by atoms with Crippen LogP contribution in [0.3, 0.4) is 0 Å². The van der Waals surface area contributed by atoms with E-state index in [0.717, 1.165) is 23.9 Å². The van der Waals surface area contributed by atoms with Gasteiger partial charge in [-0.1, -0.05) is 25.1 Å². The van der Waals surface area contributed by atoms with Gasteiger partial charge in [0.25, 0.3) is 0 Å². The van der Waals surface area contributed by atoms with E-state index in [9.17, 15) is 36.2 Å². The number of benzene rings is 2. The molecule has 3 aromatic rings. The van der Waals surface area contributed by atoms with Gasteiger partial charge in [-0.3, -0.25) is 4.79 Å². The number of aliphatic hydroxyl groups is 1. The first-order chi connectivity index (χ1) is 17.3. The molecule has 3 atom stereocenters. The molecule has 200 valence electrons. The Morgan fingerprint density at radius 3 is 2.35 bits per heavy atom. The van der Waals surface area contributed by atoms with Gasteiger partial charge in [-0.2, -0.15) is 13.9 Å². The molecule has 0 spiro atoms. The summed E-state index contributed by atoms with van der Waals surface area (Å²) in [4.78, 5) is 17.1. The zero-order valence-electron chi connectivity index (χ0n) is 19.6. The smallest absolute Gasteiger partial charge is 0.316 e. The van der Waals surface area contributed by atoms with Crippen molar-refractivity contribution in [2.45, 2.75) is 53.7 Å². The van der Waals surface area contributed by atoms with Gasteiger partial charge in [0.05, 0.1) is 17.5 Å². The molecule has 0 saturated heterocycles. The van der Waals surface area contributed by atoms with Crippen LogP contribution in [0.15, 0.2) is 60.0 Å². The second-order valence-corrected chi connectivity index (χ2v) is 11.0. The largest absolute Gasteiger partial charge is 0.382 e. The van der Waals surface area contributed by atoms with E-state index in [-0.39, 0.29) is 23.5 Å². The number of carbonyl (C=O) groups is 1. The number of nitrogens with zero attached hydrogens (tertiary/aromatic N) is 3. The number of alkyl halides is 4. The van der Waals surface area contributed by atoms with Gasteiger partial charge >= 0.3 is 12.3 Å². The van der Waals surface area contributed by atoms with Crippen LogP contribution in [0.25, 0.3) is 0 Å². The summed E-state index contributed by atoms with van der Waals surface area (Å²) in [5.74, 6) is -7.36. The quantitative estimate of drug-likeness (QED) is 0.170. The van der Waals surface area contributed by atoms with E-state index in [2.05, 4.69) is 10.1 Å². The number of thioether (sulfide) groups is 2. The van der Waals surface area contributed by atoms with E-state index < -0.39 is 45.8 Å². The minimum absolute atomic E-state index is 0.175. The number of Topliss-reactive ketones (excluding diaryl/α,β-unsaturated/α-hetero) is 1. The summed E-state index contributed by atoms with van der Waals surface area (Å²) in [5, 5.41) is 14.0. The topological polar surface area (TPSA) is 68.0 Å². The van der Waals surface area contributed by atoms with E-state index >= 15 is 0 Å². The highest BCUT2D eigenvalue weighted by molar-refractivity contribution is 8.01. The number of aromatic nitrogens is 3. The molecule has 0 fully saturated rings. The van der Waals surface area contributed by atoms with Crippen molar-refractivity contribution in [1.82, 2.24) is 14.8 Å². The average Bonchev–Trinajstić information content (AvgIpc) is 3.35. The van der Waals surface area contributed by atoms with Gasteiger partial charge in [-0.15, -0.1) is 23.5 Å². The van der Waals surface area contributed by atoms with Crippen LogP contribution in [0.4, 0.5) is 26.3 Å². The SMILES string of the molecule is CC(S[C@H](C)[C@](O)(Cn1cncn1)c1ccc(F)cc1F)C(=O)c1ccc(SCC(F)(F)C(F)F)cc1. The first kappa shape index (κ1) is 29.1. The van der Waals surface area contributed by atoms with Crippen LogP contribution >= 0.6 is 23.5 Å². The van der Waals surface area contributed by atoms with Crippen LogP contribution in [0, 0.1) is 11.6 Å². The molecule has 0 amide bonds. The third-order valence-electron chi connectivity index (χ3n) is 5.61. The Morgan fingerprint density at radius 1 is 1.11 bits per heavy atom. The number of carbonyl (C=O) groups excluding carboxylic acids is 1. The highest BCUT2D eigenvalue weighted by Crippen LogP contribution is 2.38. The average molecular weight is 564 g/mol. The van der Waals surface area contributed by atoms with Crippen LogP contribution in [-0.2, 0) is 12.1 Å². The molecule has 3 rings (SSSR count). The molecule has 13 heteroatoms. The molecule has 0 aliphatic heterocycles. The molecule has 1 aromatic heterocycles. The highest BCUT2D eigenvalue weighted by atomic mass is 32.2. The lowest BCUT2D eigenvalue weighted by Gasteiger charge is -2.35. The fourth-order valence-corrected chi connectivity index (χ4v) is 5.62. The van der Waals surface area contributed by atoms with Crippen molar-refractivity contribution in [3.63, 3.8) is 0 Å². The summed E-state index contributed by atoms with van der Waals surface area (Å²) >= 11 is 1.60. The molecule has 1 N–H and O–H groups in total. The van der Waals surface area contributed by atoms with E-state index in [1.807, 2.05) is 0 Å². The van der Waals surface area contributed by atoms with E-state index in [4.69, 9.17) is 0 Å². The number of hydrogen-bond donors (Lipinski definition) is 1. The summed E-state index contributed by atoms with van der Waals surface area (Å²) in [5.41, 5.74) is -1.84. The monoisotopic (exact) mass is 563 g/mol. The lowest BCUT2D eigenvalue weighted by molar-refractivity contribution is -0.109. The van der Waals surface area contributed by atoms with Crippen molar-refractivity contribution >= 4 is 29.3 Å². The van der Waals surface area contributed by atoms with Crippen LogP contribution in [0.5, 0.6) is 0 Å². The molecule has 2 aromatic carbocycles. The molecule has 0 aliphatic rings. The Labute approximate surface area is 217 Å². The summed E-state index contributed by atoms with van der Waals surface area (Å²) in [7, 11) is 0. The van der Waals surface area contributed by atoms with Gasteiger partial charge < -0.3 is 5.11 Å². The van der Waals surface area contributed by atoms with Crippen LogP contribution in [0.2, 0.25) is 0 Å². The first-order valence-electron chi connectivity index (χ1n) is 10.9. The van der Waals surface area contributed by atoms with Crippen molar-refractivity contribution in [2.75, 3.05) is 5.75 Å². The standard InChI is InChI=1S/C24H23F6N3O2S2/c1-14(21(34)16-3-6-18(7-4-16)36-11-24(29,30)22(27)28)37-15(2)23(35,10-33-13-31-12-32-33)19-8-5-17(25)9-20(19)26/h3-9,12-15,22,35H,10-11H2,1-2H3/t14?,15-,23-/m1/s1. The zero-order chi connectivity index (χ0) is 27.4. The minimum Gasteiger partial charge on any atom is -0.382 e. The lowest BCUT2D eigenvalue weighted by atomic mass is 9.90. The number of rotatable bonds is 12. The van der Waals surface area contributed by atoms with Crippen molar-refractivity contribution in [2.24, 2.45) is 0 Å². The molecule has 5 nitrogen and oxygen atoms in total. The van der Waals surface area contributed by atoms with Crippen molar-refractivity contribution < 1.29 is 36.2 Å². The van der Waals surface area contributed by atoms with Crippen molar-refractivity contribution in [3.05, 3.63) is 77.9 Å². The molecule has 0 saturated carbocycles. The summed E-state index contributed by atoms with van der Waals surface area (Å²) < 4.78 is 80.5. The summed E-state index contributed by atoms with van der Waals surface area (Å²) in [6.07, 6.45) is -1.20. The van der Waals surface area contributed by atoms with Gasteiger partial charge in [-0.05, 0) is 25.1 Å². The third-order valence-corrected chi connectivity index (χ3v) is 8.16. The maximum atomic E-state index is 14.7. The van der Waals surface area contributed by atoms with E-state index in [1.165, 1.54) is 41.6 Å². The maximum absolute atomic E-state index is 14.7. The Hall–Kier alpha value is -2.51. The minimum atomic E-state index is -4.13. The Kier molecular flexibility index (Phi) is 9.35. The molecular formula is C24H23F6N3O2S2. The van der Waals surface area contributed by atoms with Gasteiger partial charge in [0.15, 0.2) is 5.78 Å². The maximum Gasteiger partial charge on any atom is 0.316 e. The van der Waals surface area contributed by atoms with Crippen LogP contribution in [-0.4, -0.2) is 54.3 Å². The fourth-order valence-electron chi connectivity index (χ4n) is 3.51. The van der Waals surface area contributed by atoms with Gasteiger partial charge in [-0.25, -0.2) is 27.2 Å². The molecule has 0 aliphatic carbocycles. The molecule has 0 bridgehead atoms. The Morgan fingerprint density at radius 2 is 1.78 bits per heavy atom.